The number of carbonyl (C=O) groups is 3. The number of piperazine rings is 1. The first-order valence-electron chi connectivity index (χ1n) is 5.84. The second kappa shape index (κ2) is 5.50. The number of nitrogens with zero attached hydrogens (tertiary/aromatic N) is 1. The zero-order valence-corrected chi connectivity index (χ0v) is 11.1. The Kier molecular flexibility index (Phi) is 3.97. The van der Waals surface area contributed by atoms with Crippen molar-refractivity contribution in [2.45, 2.75) is 13.0 Å². The SMILES string of the molecule is CC(C(=O)c1ccc(Cl)cc1)N1CC(=O)NC(=O)C1. The summed E-state index contributed by atoms with van der Waals surface area (Å²) in [6, 6.07) is 6.00. The molecular weight excluding hydrogens is 268 g/mol. The fraction of sp³-hybridized carbons (Fsp3) is 0.308. The Balaban J connectivity index is 2.12. The molecule has 2 amide bonds. The van der Waals surface area contributed by atoms with Crippen LogP contribution in [0.2, 0.25) is 5.02 Å². The zero-order valence-electron chi connectivity index (χ0n) is 10.4. The Morgan fingerprint density at radius 2 is 1.74 bits per heavy atom. The van der Waals surface area contributed by atoms with Gasteiger partial charge in [0.1, 0.15) is 0 Å². The van der Waals surface area contributed by atoms with Crippen LogP contribution in [-0.4, -0.2) is 41.6 Å². The van der Waals surface area contributed by atoms with E-state index in [0.717, 1.165) is 0 Å². The van der Waals surface area contributed by atoms with Gasteiger partial charge in [-0.3, -0.25) is 24.6 Å². The fourth-order valence-electron chi connectivity index (χ4n) is 1.95. The molecule has 0 bridgehead atoms. The molecule has 5 nitrogen and oxygen atoms in total. The molecule has 1 aromatic carbocycles. The lowest BCUT2D eigenvalue weighted by Crippen LogP contribution is -2.55. The van der Waals surface area contributed by atoms with Gasteiger partial charge in [0.25, 0.3) is 0 Å². The molecule has 1 N–H and O–H groups in total. The van der Waals surface area contributed by atoms with Gasteiger partial charge in [0.15, 0.2) is 5.78 Å². The first-order valence-corrected chi connectivity index (χ1v) is 6.21. The molecule has 100 valence electrons. The van der Waals surface area contributed by atoms with Gasteiger partial charge < -0.3 is 0 Å². The lowest BCUT2D eigenvalue weighted by molar-refractivity contribution is -0.136. The number of amides is 2. The quantitative estimate of drug-likeness (QED) is 0.659. The van der Waals surface area contributed by atoms with Crippen molar-refractivity contribution in [1.82, 2.24) is 10.2 Å². The molecule has 1 saturated heterocycles. The predicted octanol–water partition coefficient (Wildman–Crippen LogP) is 0.870. The standard InChI is InChI=1S/C13H13ClN2O3/c1-8(16-6-11(17)15-12(18)7-16)13(19)9-2-4-10(14)5-3-9/h2-5,8H,6-7H2,1H3,(H,15,17,18). The van der Waals surface area contributed by atoms with Crippen LogP contribution in [0, 0.1) is 0 Å². The van der Waals surface area contributed by atoms with E-state index in [1.807, 2.05) is 0 Å². The highest BCUT2D eigenvalue weighted by Crippen LogP contribution is 2.14. The summed E-state index contributed by atoms with van der Waals surface area (Å²) in [6.45, 7) is 1.78. The van der Waals surface area contributed by atoms with Gasteiger partial charge in [-0.15, -0.1) is 0 Å². The monoisotopic (exact) mass is 280 g/mol. The third-order valence-electron chi connectivity index (χ3n) is 3.03. The van der Waals surface area contributed by atoms with E-state index in [1.165, 1.54) is 0 Å². The maximum atomic E-state index is 12.2. The van der Waals surface area contributed by atoms with Crippen molar-refractivity contribution >= 4 is 29.2 Å². The first-order chi connectivity index (χ1) is 8.97. The highest BCUT2D eigenvalue weighted by atomic mass is 35.5. The Bertz CT molecular complexity index is 511. The molecule has 0 aromatic heterocycles. The van der Waals surface area contributed by atoms with Crippen LogP contribution in [0.15, 0.2) is 24.3 Å². The van der Waals surface area contributed by atoms with Gasteiger partial charge in [-0.2, -0.15) is 0 Å². The first kappa shape index (κ1) is 13.7. The van der Waals surface area contributed by atoms with E-state index >= 15 is 0 Å². The second-order valence-electron chi connectivity index (χ2n) is 4.42. The third kappa shape index (κ3) is 3.19. The minimum Gasteiger partial charge on any atom is -0.294 e. The molecule has 1 aliphatic rings. The highest BCUT2D eigenvalue weighted by molar-refractivity contribution is 6.30. The number of halogens is 1. The summed E-state index contributed by atoms with van der Waals surface area (Å²) < 4.78 is 0. The van der Waals surface area contributed by atoms with Crippen molar-refractivity contribution in [3.8, 4) is 0 Å². The summed E-state index contributed by atoms with van der Waals surface area (Å²) in [7, 11) is 0. The van der Waals surface area contributed by atoms with Crippen LogP contribution in [-0.2, 0) is 9.59 Å². The Hall–Kier alpha value is -1.72. The van der Waals surface area contributed by atoms with Crippen molar-refractivity contribution in [2.24, 2.45) is 0 Å². The lowest BCUT2D eigenvalue weighted by Gasteiger charge is -2.29. The molecule has 0 spiro atoms. The Morgan fingerprint density at radius 1 is 1.21 bits per heavy atom. The van der Waals surface area contributed by atoms with Crippen LogP contribution < -0.4 is 5.32 Å². The molecule has 2 rings (SSSR count). The fourth-order valence-corrected chi connectivity index (χ4v) is 2.08. The number of ketones is 1. The topological polar surface area (TPSA) is 66.5 Å². The molecular formula is C13H13ClN2O3. The van der Waals surface area contributed by atoms with E-state index in [0.29, 0.717) is 10.6 Å². The number of hydrogen-bond donors (Lipinski definition) is 1. The van der Waals surface area contributed by atoms with Crippen LogP contribution in [0.1, 0.15) is 17.3 Å². The van der Waals surface area contributed by atoms with E-state index in [9.17, 15) is 14.4 Å². The number of imide groups is 1. The number of benzene rings is 1. The van der Waals surface area contributed by atoms with Crippen molar-refractivity contribution in [1.29, 1.82) is 0 Å². The smallest absolute Gasteiger partial charge is 0.240 e. The average Bonchev–Trinajstić information content (AvgIpc) is 2.37. The summed E-state index contributed by atoms with van der Waals surface area (Å²) in [6.07, 6.45) is 0. The van der Waals surface area contributed by atoms with Gasteiger partial charge in [-0.1, -0.05) is 11.6 Å². The average molecular weight is 281 g/mol. The molecule has 1 heterocycles. The van der Waals surface area contributed by atoms with Gasteiger partial charge >= 0.3 is 0 Å². The number of Topliss-reactive ketones (excluding diaryl/α,β-unsaturated/α-hetero) is 1. The Labute approximate surface area is 115 Å². The molecule has 0 aliphatic carbocycles. The van der Waals surface area contributed by atoms with E-state index in [4.69, 9.17) is 11.6 Å². The van der Waals surface area contributed by atoms with E-state index in [1.54, 1.807) is 36.1 Å². The summed E-state index contributed by atoms with van der Waals surface area (Å²) in [5.74, 6) is -0.904. The zero-order chi connectivity index (χ0) is 14.0. The van der Waals surface area contributed by atoms with Gasteiger partial charge in [-0.25, -0.2) is 0 Å². The predicted molar refractivity (Wildman–Crippen MR) is 70.0 cm³/mol. The molecule has 1 aromatic rings. The summed E-state index contributed by atoms with van der Waals surface area (Å²) in [4.78, 5) is 36.4. The van der Waals surface area contributed by atoms with Gasteiger partial charge in [0, 0.05) is 10.6 Å². The molecule has 1 aliphatic heterocycles. The lowest BCUT2D eigenvalue weighted by atomic mass is 10.0. The second-order valence-corrected chi connectivity index (χ2v) is 4.86. The minimum absolute atomic E-state index is 0.0479. The van der Waals surface area contributed by atoms with Crippen molar-refractivity contribution in [2.75, 3.05) is 13.1 Å². The number of hydrogen-bond acceptors (Lipinski definition) is 4. The van der Waals surface area contributed by atoms with Gasteiger partial charge in [0.2, 0.25) is 11.8 Å². The highest BCUT2D eigenvalue weighted by Gasteiger charge is 2.30. The van der Waals surface area contributed by atoms with E-state index < -0.39 is 6.04 Å². The Morgan fingerprint density at radius 3 is 2.26 bits per heavy atom. The van der Waals surface area contributed by atoms with Crippen LogP contribution in [0.4, 0.5) is 0 Å². The normalized spacial score (nSPS) is 18.0. The summed E-state index contributed by atoms with van der Waals surface area (Å²) in [5, 5.41) is 2.75. The molecule has 6 heteroatoms. The van der Waals surface area contributed by atoms with Crippen molar-refractivity contribution in [3.05, 3.63) is 34.9 Å². The third-order valence-corrected chi connectivity index (χ3v) is 3.28. The van der Waals surface area contributed by atoms with Crippen molar-refractivity contribution in [3.63, 3.8) is 0 Å². The molecule has 19 heavy (non-hydrogen) atoms. The maximum absolute atomic E-state index is 12.2. The maximum Gasteiger partial charge on any atom is 0.240 e. The minimum atomic E-state index is -0.531. The van der Waals surface area contributed by atoms with Crippen molar-refractivity contribution < 1.29 is 14.4 Å². The molecule has 0 radical (unpaired) electrons. The molecule has 1 fully saturated rings. The number of carbonyl (C=O) groups excluding carboxylic acids is 3. The van der Waals surface area contributed by atoms with Crippen LogP contribution in [0.3, 0.4) is 0 Å². The number of rotatable bonds is 3. The van der Waals surface area contributed by atoms with E-state index in [2.05, 4.69) is 5.32 Å². The molecule has 0 saturated carbocycles. The van der Waals surface area contributed by atoms with Gasteiger partial charge in [-0.05, 0) is 31.2 Å². The van der Waals surface area contributed by atoms with Gasteiger partial charge in [0.05, 0.1) is 19.1 Å². The van der Waals surface area contributed by atoms with Crippen LogP contribution in [0.25, 0.3) is 0 Å². The summed E-state index contributed by atoms with van der Waals surface area (Å²) >= 11 is 5.76. The largest absolute Gasteiger partial charge is 0.294 e. The number of nitrogens with one attached hydrogen (secondary N) is 1. The van der Waals surface area contributed by atoms with Crippen LogP contribution in [0.5, 0.6) is 0 Å². The molecule has 1 unspecified atom stereocenters. The van der Waals surface area contributed by atoms with E-state index in [-0.39, 0.29) is 30.7 Å². The molecule has 1 atom stereocenters. The van der Waals surface area contributed by atoms with Crippen LogP contribution >= 0.6 is 11.6 Å². The summed E-state index contributed by atoms with van der Waals surface area (Å²) in [5.41, 5.74) is 0.510.